The van der Waals surface area contributed by atoms with Gasteiger partial charge in [0.2, 0.25) is 5.91 Å². The standard InChI is InChI=1S/C17H22N4O4/c1-2-25-16(23)13-6-5-9-19(12-13)15(22)8-11-21-17(24)20-10-4-3-7-14(20)18-21/h3-4,7,10,13H,2,5-6,8-9,11-12H2,1H3. The fourth-order valence-electron chi connectivity index (χ4n) is 3.13. The van der Waals surface area contributed by atoms with Crippen LogP contribution in [0.15, 0.2) is 29.2 Å². The molecule has 3 rings (SSSR count). The van der Waals surface area contributed by atoms with E-state index in [0.29, 0.717) is 25.3 Å². The summed E-state index contributed by atoms with van der Waals surface area (Å²) in [7, 11) is 0. The second-order valence-corrected chi connectivity index (χ2v) is 6.12. The number of aryl methyl sites for hydroxylation is 1. The molecule has 0 saturated carbocycles. The summed E-state index contributed by atoms with van der Waals surface area (Å²) in [5.74, 6) is -0.565. The zero-order chi connectivity index (χ0) is 17.8. The molecule has 2 aromatic heterocycles. The Bertz CT molecular complexity index is 825. The van der Waals surface area contributed by atoms with E-state index in [-0.39, 0.29) is 36.4 Å². The summed E-state index contributed by atoms with van der Waals surface area (Å²) in [5, 5.41) is 4.22. The highest BCUT2D eigenvalue weighted by Crippen LogP contribution is 2.18. The number of amides is 1. The number of carbonyl (C=O) groups is 2. The van der Waals surface area contributed by atoms with Crippen LogP contribution >= 0.6 is 0 Å². The fourth-order valence-corrected chi connectivity index (χ4v) is 3.13. The Morgan fingerprint density at radius 2 is 2.20 bits per heavy atom. The molecular weight excluding hydrogens is 324 g/mol. The van der Waals surface area contributed by atoms with Gasteiger partial charge in [-0.25, -0.2) is 9.48 Å². The lowest BCUT2D eigenvalue weighted by atomic mass is 9.98. The Morgan fingerprint density at radius 3 is 2.96 bits per heavy atom. The van der Waals surface area contributed by atoms with Crippen molar-refractivity contribution in [3.63, 3.8) is 0 Å². The number of likely N-dealkylation sites (tertiary alicyclic amines) is 1. The van der Waals surface area contributed by atoms with E-state index < -0.39 is 0 Å². The first-order valence-corrected chi connectivity index (χ1v) is 8.58. The highest BCUT2D eigenvalue weighted by molar-refractivity contribution is 5.78. The normalized spacial score (nSPS) is 17.6. The lowest BCUT2D eigenvalue weighted by molar-refractivity contribution is -0.151. The van der Waals surface area contributed by atoms with Gasteiger partial charge in [0, 0.05) is 25.7 Å². The molecule has 1 unspecified atom stereocenters. The molecule has 8 nitrogen and oxygen atoms in total. The Kier molecular flexibility index (Phi) is 5.16. The van der Waals surface area contributed by atoms with Gasteiger partial charge in [-0.05, 0) is 31.9 Å². The molecule has 0 aromatic carbocycles. The predicted molar refractivity (Wildman–Crippen MR) is 90.0 cm³/mol. The number of hydrogen-bond donors (Lipinski definition) is 0. The molecule has 134 valence electrons. The Balaban J connectivity index is 1.61. The van der Waals surface area contributed by atoms with Crippen molar-refractivity contribution in [2.24, 2.45) is 5.92 Å². The molecule has 1 amide bonds. The van der Waals surface area contributed by atoms with Crippen LogP contribution in [0.1, 0.15) is 26.2 Å². The molecule has 0 radical (unpaired) electrons. The topological polar surface area (TPSA) is 85.9 Å². The maximum absolute atomic E-state index is 12.4. The molecule has 1 aliphatic heterocycles. The summed E-state index contributed by atoms with van der Waals surface area (Å²) in [6.45, 7) is 3.36. The number of rotatable bonds is 5. The quantitative estimate of drug-likeness (QED) is 0.744. The first kappa shape index (κ1) is 17.2. The van der Waals surface area contributed by atoms with Crippen LogP contribution in [-0.2, 0) is 20.9 Å². The number of aromatic nitrogens is 3. The van der Waals surface area contributed by atoms with E-state index >= 15 is 0 Å². The number of nitrogens with zero attached hydrogens (tertiary/aromatic N) is 4. The molecule has 25 heavy (non-hydrogen) atoms. The van der Waals surface area contributed by atoms with Gasteiger partial charge in [0.25, 0.3) is 0 Å². The number of pyridine rings is 1. The third-order valence-corrected chi connectivity index (χ3v) is 4.42. The summed E-state index contributed by atoms with van der Waals surface area (Å²) >= 11 is 0. The van der Waals surface area contributed by atoms with E-state index in [4.69, 9.17) is 4.74 Å². The monoisotopic (exact) mass is 346 g/mol. The number of piperidine rings is 1. The van der Waals surface area contributed by atoms with E-state index in [0.717, 1.165) is 12.8 Å². The van der Waals surface area contributed by atoms with Crippen LogP contribution in [0.25, 0.3) is 5.65 Å². The zero-order valence-corrected chi connectivity index (χ0v) is 14.3. The van der Waals surface area contributed by atoms with Crippen molar-refractivity contribution in [2.45, 2.75) is 32.7 Å². The van der Waals surface area contributed by atoms with E-state index in [1.54, 1.807) is 36.2 Å². The van der Waals surface area contributed by atoms with Gasteiger partial charge in [-0.2, -0.15) is 0 Å². The SMILES string of the molecule is CCOC(=O)C1CCCN(C(=O)CCn2nc3ccccn3c2=O)C1. The van der Waals surface area contributed by atoms with Gasteiger partial charge in [0.15, 0.2) is 5.65 Å². The van der Waals surface area contributed by atoms with Gasteiger partial charge in [-0.15, -0.1) is 5.10 Å². The molecule has 0 bridgehead atoms. The molecule has 1 fully saturated rings. The second-order valence-electron chi connectivity index (χ2n) is 6.12. The van der Waals surface area contributed by atoms with Crippen LogP contribution in [0.3, 0.4) is 0 Å². The molecule has 0 N–H and O–H groups in total. The van der Waals surface area contributed by atoms with Gasteiger partial charge in [0.05, 0.1) is 19.1 Å². The van der Waals surface area contributed by atoms with E-state index in [1.165, 1.54) is 9.08 Å². The molecule has 2 aromatic rings. The highest BCUT2D eigenvalue weighted by atomic mass is 16.5. The average molecular weight is 346 g/mol. The molecular formula is C17H22N4O4. The van der Waals surface area contributed by atoms with Crippen LogP contribution in [0, 0.1) is 5.92 Å². The summed E-state index contributed by atoms with van der Waals surface area (Å²) in [4.78, 5) is 38.2. The number of fused-ring (bicyclic) bond motifs is 1. The summed E-state index contributed by atoms with van der Waals surface area (Å²) in [5.41, 5.74) is 0.298. The van der Waals surface area contributed by atoms with Crippen molar-refractivity contribution >= 4 is 17.5 Å². The summed E-state index contributed by atoms with van der Waals surface area (Å²) in [6.07, 6.45) is 3.36. The van der Waals surface area contributed by atoms with Crippen LogP contribution in [0.4, 0.5) is 0 Å². The lowest BCUT2D eigenvalue weighted by Gasteiger charge is -2.31. The van der Waals surface area contributed by atoms with Crippen LogP contribution in [-0.4, -0.2) is 50.7 Å². The molecule has 1 atom stereocenters. The maximum atomic E-state index is 12.4. The van der Waals surface area contributed by atoms with E-state index in [1.807, 2.05) is 0 Å². The third kappa shape index (κ3) is 3.72. The Morgan fingerprint density at radius 1 is 1.36 bits per heavy atom. The van der Waals surface area contributed by atoms with Crippen molar-refractivity contribution < 1.29 is 14.3 Å². The fraction of sp³-hybridized carbons (Fsp3) is 0.529. The minimum atomic E-state index is -0.258. The van der Waals surface area contributed by atoms with Crippen LogP contribution < -0.4 is 5.69 Å². The van der Waals surface area contributed by atoms with E-state index in [2.05, 4.69) is 5.10 Å². The molecule has 1 saturated heterocycles. The number of esters is 1. The van der Waals surface area contributed by atoms with Crippen molar-refractivity contribution in [1.82, 2.24) is 19.1 Å². The van der Waals surface area contributed by atoms with Gasteiger partial charge >= 0.3 is 11.7 Å². The lowest BCUT2D eigenvalue weighted by Crippen LogP contribution is -2.43. The molecule has 1 aliphatic rings. The van der Waals surface area contributed by atoms with Gasteiger partial charge < -0.3 is 9.64 Å². The molecule has 3 heterocycles. The largest absolute Gasteiger partial charge is 0.466 e. The third-order valence-electron chi connectivity index (χ3n) is 4.42. The minimum Gasteiger partial charge on any atom is -0.466 e. The molecule has 8 heteroatoms. The predicted octanol–water partition coefficient (Wildman–Crippen LogP) is 0.688. The number of carbonyl (C=O) groups excluding carboxylic acids is 2. The molecule has 0 aliphatic carbocycles. The van der Waals surface area contributed by atoms with Gasteiger partial charge in [0.1, 0.15) is 0 Å². The summed E-state index contributed by atoms with van der Waals surface area (Å²) in [6, 6.07) is 5.31. The van der Waals surface area contributed by atoms with Crippen molar-refractivity contribution in [1.29, 1.82) is 0 Å². The maximum Gasteiger partial charge on any atom is 0.350 e. The molecule has 0 spiro atoms. The van der Waals surface area contributed by atoms with Crippen molar-refractivity contribution in [2.75, 3.05) is 19.7 Å². The average Bonchev–Trinajstić information content (AvgIpc) is 2.96. The highest BCUT2D eigenvalue weighted by Gasteiger charge is 2.29. The number of ether oxygens (including phenoxy) is 1. The first-order valence-electron chi connectivity index (χ1n) is 8.58. The van der Waals surface area contributed by atoms with Gasteiger partial charge in [-0.1, -0.05) is 6.07 Å². The minimum absolute atomic E-state index is 0.0713. The van der Waals surface area contributed by atoms with E-state index in [9.17, 15) is 14.4 Å². The van der Waals surface area contributed by atoms with Gasteiger partial charge in [-0.3, -0.25) is 14.0 Å². The van der Waals surface area contributed by atoms with Crippen molar-refractivity contribution in [3.8, 4) is 0 Å². The van der Waals surface area contributed by atoms with Crippen molar-refractivity contribution in [3.05, 3.63) is 34.9 Å². The van der Waals surface area contributed by atoms with Crippen LogP contribution in [0.5, 0.6) is 0 Å². The number of hydrogen-bond acceptors (Lipinski definition) is 5. The Labute approximate surface area is 145 Å². The first-order chi connectivity index (χ1) is 12.1. The smallest absolute Gasteiger partial charge is 0.350 e. The zero-order valence-electron chi connectivity index (χ0n) is 14.3. The second kappa shape index (κ2) is 7.50. The van der Waals surface area contributed by atoms with Crippen LogP contribution in [0.2, 0.25) is 0 Å². The summed E-state index contributed by atoms with van der Waals surface area (Å²) < 4.78 is 7.81. The Hall–Kier alpha value is -2.64.